The third kappa shape index (κ3) is 4.17. The Hall–Kier alpha value is -2.23. The van der Waals surface area contributed by atoms with E-state index in [1.165, 1.54) is 0 Å². The molecule has 0 fully saturated rings. The average molecular weight is 259 g/mol. The van der Waals surface area contributed by atoms with E-state index in [1.807, 2.05) is 25.1 Å². The second kappa shape index (κ2) is 6.09. The highest BCUT2D eigenvalue weighted by atomic mass is 16.3. The maximum absolute atomic E-state index is 11.8. The summed E-state index contributed by atoms with van der Waals surface area (Å²) in [6.07, 6.45) is 2.55. The summed E-state index contributed by atoms with van der Waals surface area (Å²) in [5, 5.41) is 12.2. The Balaban J connectivity index is 1.84. The number of rotatable bonds is 5. The van der Waals surface area contributed by atoms with Crippen molar-refractivity contribution in [2.75, 3.05) is 0 Å². The number of phenols is 1. The third-order valence-electron chi connectivity index (χ3n) is 2.77. The molecule has 0 bridgehead atoms. The highest BCUT2D eigenvalue weighted by molar-refractivity contribution is 5.78. The lowest BCUT2D eigenvalue weighted by molar-refractivity contribution is -0.121. The largest absolute Gasteiger partial charge is 0.508 e. The maximum atomic E-state index is 11.8. The summed E-state index contributed by atoms with van der Waals surface area (Å²) in [5.41, 5.74) is 0.794. The van der Waals surface area contributed by atoms with Crippen molar-refractivity contribution >= 4 is 5.91 Å². The lowest BCUT2D eigenvalue weighted by Gasteiger charge is -2.12. The van der Waals surface area contributed by atoms with E-state index < -0.39 is 0 Å². The zero-order valence-corrected chi connectivity index (χ0v) is 10.8. The second-order valence-electron chi connectivity index (χ2n) is 4.60. The third-order valence-corrected chi connectivity index (χ3v) is 2.77. The van der Waals surface area contributed by atoms with E-state index in [0.29, 0.717) is 6.42 Å². The molecule has 0 aliphatic heterocycles. The first-order chi connectivity index (χ1) is 9.13. The van der Waals surface area contributed by atoms with Crippen molar-refractivity contribution < 1.29 is 14.3 Å². The monoisotopic (exact) mass is 259 g/mol. The van der Waals surface area contributed by atoms with Gasteiger partial charge in [-0.1, -0.05) is 12.1 Å². The second-order valence-corrected chi connectivity index (χ2v) is 4.60. The molecule has 19 heavy (non-hydrogen) atoms. The summed E-state index contributed by atoms with van der Waals surface area (Å²) < 4.78 is 5.24. The molecule has 0 saturated carbocycles. The number of phenolic OH excluding ortho intramolecular Hbond substituents is 1. The van der Waals surface area contributed by atoms with Gasteiger partial charge in [0.05, 0.1) is 12.7 Å². The van der Waals surface area contributed by atoms with Crippen molar-refractivity contribution in [3.8, 4) is 5.75 Å². The Morgan fingerprint density at radius 2 is 2.21 bits per heavy atom. The van der Waals surface area contributed by atoms with Crippen LogP contribution in [0.15, 0.2) is 47.1 Å². The molecule has 2 N–H and O–H groups in total. The lowest BCUT2D eigenvalue weighted by atomic mass is 10.1. The van der Waals surface area contributed by atoms with E-state index in [9.17, 15) is 9.90 Å². The predicted molar refractivity (Wildman–Crippen MR) is 71.8 cm³/mol. The highest BCUT2D eigenvalue weighted by Crippen LogP contribution is 2.11. The summed E-state index contributed by atoms with van der Waals surface area (Å²) in [6.45, 7) is 1.93. The van der Waals surface area contributed by atoms with Crippen LogP contribution >= 0.6 is 0 Å². The quantitative estimate of drug-likeness (QED) is 0.866. The molecular weight excluding hydrogens is 242 g/mol. The summed E-state index contributed by atoms with van der Waals surface area (Å²) in [7, 11) is 0. The number of furan rings is 1. The summed E-state index contributed by atoms with van der Waals surface area (Å²) in [4.78, 5) is 11.8. The van der Waals surface area contributed by atoms with Crippen LogP contribution in [0.1, 0.15) is 18.2 Å². The predicted octanol–water partition coefficient (Wildman–Crippen LogP) is 2.28. The Morgan fingerprint density at radius 3 is 2.89 bits per heavy atom. The number of carbonyl (C=O) groups is 1. The SMILES string of the molecule is CC(Cc1ccco1)NC(=O)Cc1cccc(O)c1. The fourth-order valence-electron chi connectivity index (χ4n) is 1.96. The molecule has 1 heterocycles. The Bertz CT molecular complexity index is 534. The first-order valence-electron chi connectivity index (χ1n) is 6.23. The molecule has 1 aromatic heterocycles. The van der Waals surface area contributed by atoms with Gasteiger partial charge in [0.25, 0.3) is 0 Å². The van der Waals surface area contributed by atoms with Crippen LogP contribution in [0, 0.1) is 0 Å². The topological polar surface area (TPSA) is 62.5 Å². The van der Waals surface area contributed by atoms with Crippen LogP contribution in [-0.2, 0) is 17.6 Å². The summed E-state index contributed by atoms with van der Waals surface area (Å²) in [5.74, 6) is 0.962. The maximum Gasteiger partial charge on any atom is 0.224 e. The van der Waals surface area contributed by atoms with E-state index in [4.69, 9.17) is 4.42 Å². The number of carbonyl (C=O) groups excluding carboxylic acids is 1. The van der Waals surface area contributed by atoms with Crippen LogP contribution in [0.5, 0.6) is 5.75 Å². The lowest BCUT2D eigenvalue weighted by Crippen LogP contribution is -2.35. The van der Waals surface area contributed by atoms with Gasteiger partial charge in [-0.3, -0.25) is 4.79 Å². The molecule has 1 aromatic carbocycles. The van der Waals surface area contributed by atoms with Gasteiger partial charge >= 0.3 is 0 Å². The van der Waals surface area contributed by atoms with Gasteiger partial charge in [-0.25, -0.2) is 0 Å². The Labute approximate surface area is 112 Å². The van der Waals surface area contributed by atoms with E-state index in [2.05, 4.69) is 5.32 Å². The van der Waals surface area contributed by atoms with Gasteiger partial charge in [0.1, 0.15) is 11.5 Å². The first-order valence-corrected chi connectivity index (χ1v) is 6.23. The van der Waals surface area contributed by atoms with Crippen LogP contribution in [0.4, 0.5) is 0 Å². The van der Waals surface area contributed by atoms with E-state index in [0.717, 1.165) is 11.3 Å². The average Bonchev–Trinajstić information content (AvgIpc) is 2.81. The highest BCUT2D eigenvalue weighted by Gasteiger charge is 2.10. The zero-order valence-electron chi connectivity index (χ0n) is 10.8. The van der Waals surface area contributed by atoms with Crippen LogP contribution < -0.4 is 5.32 Å². The molecule has 0 radical (unpaired) electrons. The standard InChI is InChI=1S/C15H17NO3/c1-11(8-14-6-3-7-19-14)16-15(18)10-12-4-2-5-13(17)9-12/h2-7,9,11,17H,8,10H2,1H3,(H,16,18). The molecule has 0 spiro atoms. The van der Waals surface area contributed by atoms with Crippen molar-refractivity contribution in [1.29, 1.82) is 0 Å². The van der Waals surface area contributed by atoms with Crippen molar-refractivity contribution in [3.05, 3.63) is 54.0 Å². The normalized spacial score (nSPS) is 12.1. The number of aromatic hydroxyl groups is 1. The molecule has 2 rings (SSSR count). The minimum Gasteiger partial charge on any atom is -0.508 e. The number of amides is 1. The van der Waals surface area contributed by atoms with E-state index in [-0.39, 0.29) is 24.1 Å². The van der Waals surface area contributed by atoms with Crippen LogP contribution in [-0.4, -0.2) is 17.1 Å². The molecule has 4 heteroatoms. The van der Waals surface area contributed by atoms with Gasteiger partial charge in [-0.2, -0.15) is 0 Å². The van der Waals surface area contributed by atoms with E-state index in [1.54, 1.807) is 24.5 Å². The minimum atomic E-state index is -0.0651. The van der Waals surface area contributed by atoms with Crippen molar-refractivity contribution in [2.24, 2.45) is 0 Å². The molecule has 2 aromatic rings. The smallest absolute Gasteiger partial charge is 0.224 e. The van der Waals surface area contributed by atoms with Crippen LogP contribution in [0.3, 0.4) is 0 Å². The minimum absolute atomic E-state index is 0.0101. The number of hydrogen-bond acceptors (Lipinski definition) is 3. The van der Waals surface area contributed by atoms with Gasteiger partial charge in [-0.05, 0) is 36.8 Å². The summed E-state index contributed by atoms with van der Waals surface area (Å²) >= 11 is 0. The first kappa shape index (κ1) is 13.2. The molecule has 1 amide bonds. The van der Waals surface area contributed by atoms with Crippen molar-refractivity contribution in [2.45, 2.75) is 25.8 Å². The number of hydrogen-bond donors (Lipinski definition) is 2. The fraction of sp³-hybridized carbons (Fsp3) is 0.267. The molecule has 0 aliphatic carbocycles. The molecule has 1 atom stereocenters. The molecular formula is C15H17NO3. The van der Waals surface area contributed by atoms with Gasteiger partial charge < -0.3 is 14.8 Å². The van der Waals surface area contributed by atoms with Crippen molar-refractivity contribution in [3.63, 3.8) is 0 Å². The van der Waals surface area contributed by atoms with Crippen LogP contribution in [0.25, 0.3) is 0 Å². The Morgan fingerprint density at radius 1 is 1.37 bits per heavy atom. The van der Waals surface area contributed by atoms with Gasteiger partial charge in [0.2, 0.25) is 5.91 Å². The number of nitrogens with one attached hydrogen (secondary N) is 1. The molecule has 0 aliphatic rings. The van der Waals surface area contributed by atoms with Gasteiger partial charge in [0.15, 0.2) is 0 Å². The van der Waals surface area contributed by atoms with Gasteiger partial charge in [-0.15, -0.1) is 0 Å². The summed E-state index contributed by atoms with van der Waals surface area (Å²) in [6, 6.07) is 10.4. The van der Waals surface area contributed by atoms with E-state index >= 15 is 0 Å². The van der Waals surface area contributed by atoms with Crippen LogP contribution in [0.2, 0.25) is 0 Å². The van der Waals surface area contributed by atoms with Crippen molar-refractivity contribution in [1.82, 2.24) is 5.32 Å². The zero-order chi connectivity index (χ0) is 13.7. The molecule has 100 valence electrons. The fourth-order valence-corrected chi connectivity index (χ4v) is 1.96. The molecule has 1 unspecified atom stereocenters. The Kier molecular flexibility index (Phi) is 4.23. The number of benzene rings is 1. The molecule has 4 nitrogen and oxygen atoms in total. The van der Waals surface area contributed by atoms with Gasteiger partial charge in [0, 0.05) is 12.5 Å². The molecule has 0 saturated heterocycles.